The molecule has 2 fully saturated rings. The summed E-state index contributed by atoms with van der Waals surface area (Å²) in [4.78, 5) is 16.2. The summed E-state index contributed by atoms with van der Waals surface area (Å²) in [5.74, 6) is -0.915. The molecule has 66 heavy (non-hydrogen) atoms. The molecular weight excluding hydrogens is 927 g/mol. The second-order valence-electron chi connectivity index (χ2n) is 16.5. The minimum Gasteiger partial charge on any atom is -0.388 e. The van der Waals surface area contributed by atoms with Gasteiger partial charge in [0.1, 0.15) is 4.90 Å². The van der Waals surface area contributed by atoms with Crippen molar-refractivity contribution in [2.45, 2.75) is 76.7 Å². The van der Waals surface area contributed by atoms with E-state index >= 15 is 0 Å². The van der Waals surface area contributed by atoms with Gasteiger partial charge in [0.05, 0.1) is 22.3 Å². The molecule has 2 heterocycles. The van der Waals surface area contributed by atoms with Crippen LogP contribution in [0.15, 0.2) is 136 Å². The third-order valence-electron chi connectivity index (χ3n) is 12.2. The lowest BCUT2D eigenvalue weighted by atomic mass is 9.84. The van der Waals surface area contributed by atoms with Gasteiger partial charge in [-0.3, -0.25) is 4.79 Å². The van der Waals surface area contributed by atoms with Crippen LogP contribution in [0.25, 0.3) is 11.1 Å². The molecule has 5 aromatic carbocycles. The smallest absolute Gasteiger partial charge is 0.388 e. The minimum atomic E-state index is -6.09. The Morgan fingerprint density at radius 3 is 2.08 bits per heavy atom. The number of hydrogen-bond acceptors (Lipinski definition) is 10. The molecule has 0 radical (unpaired) electrons. The van der Waals surface area contributed by atoms with Crippen molar-refractivity contribution in [3.05, 3.63) is 138 Å². The molecule has 0 saturated carbocycles. The van der Waals surface area contributed by atoms with Crippen molar-refractivity contribution in [1.29, 1.82) is 0 Å². The zero-order chi connectivity index (χ0) is 47.4. The summed E-state index contributed by atoms with van der Waals surface area (Å²) in [5.41, 5.74) is -4.61. The highest BCUT2D eigenvalue weighted by molar-refractivity contribution is 7.99. The number of carbonyl (C=O) groups is 1. The Bertz CT molecular complexity index is 2700. The van der Waals surface area contributed by atoms with E-state index in [4.69, 9.17) is 0 Å². The van der Waals surface area contributed by atoms with Crippen LogP contribution in [0.5, 0.6) is 0 Å². The molecular formula is C47H48F6N4O6S3. The second kappa shape index (κ2) is 20.0. The fourth-order valence-electron chi connectivity index (χ4n) is 8.49. The third kappa shape index (κ3) is 11.4. The van der Waals surface area contributed by atoms with Gasteiger partial charge >= 0.3 is 11.7 Å². The van der Waals surface area contributed by atoms with Crippen molar-refractivity contribution in [1.82, 2.24) is 9.62 Å². The number of aliphatic hydroxyl groups excluding tert-OH is 1. The molecule has 3 N–H and O–H groups in total. The monoisotopic (exact) mass is 974 g/mol. The Hall–Kier alpha value is -5.08. The highest BCUT2D eigenvalue weighted by atomic mass is 32.2. The SMILES string of the molecule is CN1CCC[C@H]1CC(CSc1ccccc1)Nc1ccc(S(=O)(=O)NC(=O)c2ccc(N3CCC(C(O)c4ccccc4-c4ccc(C(F)(F)F)cc4)CC3)cc2)cc1S(=O)(=O)C(F)(F)F. The number of amides is 1. The van der Waals surface area contributed by atoms with E-state index in [-0.39, 0.29) is 17.5 Å². The Balaban J connectivity index is 1.02. The maximum Gasteiger partial charge on any atom is 0.501 e. The number of rotatable bonds is 15. The zero-order valence-electron chi connectivity index (χ0n) is 35.6. The number of hydrogen-bond donors (Lipinski definition) is 3. The number of piperidine rings is 1. The van der Waals surface area contributed by atoms with Crippen LogP contribution in [0.1, 0.15) is 59.7 Å². The Morgan fingerprint density at radius 1 is 0.803 bits per heavy atom. The summed E-state index contributed by atoms with van der Waals surface area (Å²) in [7, 11) is -9.04. The number of benzene rings is 5. The van der Waals surface area contributed by atoms with Gasteiger partial charge in [0, 0.05) is 47.1 Å². The van der Waals surface area contributed by atoms with Crippen LogP contribution in [0.4, 0.5) is 37.7 Å². The number of thioether (sulfide) groups is 1. The average molecular weight is 975 g/mol. The number of nitrogens with one attached hydrogen (secondary N) is 2. The van der Waals surface area contributed by atoms with Crippen molar-refractivity contribution in [2.24, 2.45) is 5.92 Å². The van der Waals surface area contributed by atoms with E-state index in [1.54, 1.807) is 36.4 Å². The van der Waals surface area contributed by atoms with E-state index in [1.165, 1.54) is 36.0 Å². The molecule has 3 atom stereocenters. The first kappa shape index (κ1) is 48.8. The largest absolute Gasteiger partial charge is 0.501 e. The zero-order valence-corrected chi connectivity index (χ0v) is 38.0. The number of carbonyl (C=O) groups excluding carboxylic acids is 1. The molecule has 19 heteroatoms. The summed E-state index contributed by atoms with van der Waals surface area (Å²) in [6, 6.07) is 29.0. The normalized spacial score (nSPS) is 17.6. The van der Waals surface area contributed by atoms with Crippen LogP contribution in [-0.4, -0.2) is 82.8 Å². The van der Waals surface area contributed by atoms with Gasteiger partial charge in [-0.1, -0.05) is 54.6 Å². The molecule has 10 nitrogen and oxygen atoms in total. The molecule has 7 rings (SSSR count). The molecule has 2 aliphatic heterocycles. The molecule has 2 unspecified atom stereocenters. The molecule has 5 aromatic rings. The van der Waals surface area contributed by atoms with Crippen LogP contribution in [0.3, 0.4) is 0 Å². The summed E-state index contributed by atoms with van der Waals surface area (Å²) < 4.78 is 137. The van der Waals surface area contributed by atoms with E-state index in [9.17, 15) is 53.1 Å². The first-order valence-electron chi connectivity index (χ1n) is 21.2. The van der Waals surface area contributed by atoms with Gasteiger partial charge in [-0.25, -0.2) is 21.6 Å². The van der Waals surface area contributed by atoms with E-state index in [1.807, 2.05) is 47.0 Å². The number of aliphatic hydroxyl groups is 1. The van der Waals surface area contributed by atoms with Crippen LogP contribution in [0.2, 0.25) is 0 Å². The lowest BCUT2D eigenvalue weighted by Gasteiger charge is -2.36. The van der Waals surface area contributed by atoms with Gasteiger partial charge in [0.25, 0.3) is 25.8 Å². The number of sulfone groups is 1. The van der Waals surface area contributed by atoms with Crippen LogP contribution in [-0.2, 0) is 26.0 Å². The van der Waals surface area contributed by atoms with Crippen LogP contribution >= 0.6 is 11.8 Å². The summed E-state index contributed by atoms with van der Waals surface area (Å²) in [6.45, 7) is 1.84. The molecule has 1 amide bonds. The standard InChI is InChI=1S/C47H48F6N4O6S3/c1-56-25-7-8-37(56)28-35(30-64-38-9-3-2-4-10-38)54-42-22-21-39(29-43(42)65(60,61)47(51,52)53)66(62,63)55-45(59)33-15-19-36(20-16-33)57-26-23-32(24-27-57)44(58)41-12-6-5-11-40(41)31-13-17-34(18-14-31)46(48,49)50/h2-6,9-22,29,32,35,37,44,54,58H,7-8,23-28,30H2,1H3,(H,55,59)/t35?,37-,44?/m0/s1. The van der Waals surface area contributed by atoms with Crippen molar-refractivity contribution in [2.75, 3.05) is 42.7 Å². The van der Waals surface area contributed by atoms with Crippen LogP contribution < -0.4 is 14.9 Å². The summed E-state index contributed by atoms with van der Waals surface area (Å²) in [6.07, 6.45) is -2.03. The summed E-state index contributed by atoms with van der Waals surface area (Å²) in [5, 5.41) is 14.5. The Kier molecular flexibility index (Phi) is 14.8. The maximum absolute atomic E-state index is 14.2. The van der Waals surface area contributed by atoms with E-state index in [0.717, 1.165) is 48.5 Å². The lowest BCUT2D eigenvalue weighted by molar-refractivity contribution is -0.137. The lowest BCUT2D eigenvalue weighted by Crippen LogP contribution is -2.36. The molecule has 0 spiro atoms. The number of alkyl halides is 6. The molecule has 2 aliphatic rings. The number of likely N-dealkylation sites (tertiary alicyclic amines) is 1. The third-order valence-corrected chi connectivity index (χ3v) is 16.2. The number of nitrogens with zero attached hydrogens (tertiary/aromatic N) is 2. The quantitative estimate of drug-likeness (QED) is 0.0688. The maximum atomic E-state index is 14.2. The highest BCUT2D eigenvalue weighted by Gasteiger charge is 2.48. The summed E-state index contributed by atoms with van der Waals surface area (Å²) >= 11 is 1.44. The van der Waals surface area contributed by atoms with Gasteiger partial charge in [-0.15, -0.1) is 11.8 Å². The van der Waals surface area contributed by atoms with E-state index in [0.29, 0.717) is 66.5 Å². The fraction of sp³-hybridized carbons (Fsp3) is 0.340. The van der Waals surface area contributed by atoms with Crippen molar-refractivity contribution in [3.8, 4) is 11.1 Å². The molecule has 0 aliphatic carbocycles. The Labute approximate surface area is 384 Å². The van der Waals surface area contributed by atoms with Gasteiger partial charge < -0.3 is 20.2 Å². The van der Waals surface area contributed by atoms with Gasteiger partial charge in [-0.2, -0.15) is 26.3 Å². The molecule has 0 aromatic heterocycles. The fourth-order valence-corrected chi connectivity index (χ4v) is 11.5. The van der Waals surface area contributed by atoms with Gasteiger partial charge in [-0.05, 0) is 135 Å². The number of anilines is 2. The second-order valence-corrected chi connectivity index (χ2v) is 21.2. The number of halogens is 6. The first-order valence-corrected chi connectivity index (χ1v) is 25.1. The van der Waals surface area contributed by atoms with E-state index < -0.39 is 70.6 Å². The molecule has 2 saturated heterocycles. The van der Waals surface area contributed by atoms with Gasteiger partial charge in [0.2, 0.25) is 0 Å². The predicted octanol–water partition coefficient (Wildman–Crippen LogP) is 9.79. The minimum absolute atomic E-state index is 0.0823. The topological polar surface area (TPSA) is 136 Å². The Morgan fingerprint density at radius 2 is 1.45 bits per heavy atom. The predicted molar refractivity (Wildman–Crippen MR) is 242 cm³/mol. The van der Waals surface area contributed by atoms with Crippen molar-refractivity contribution < 1.29 is 53.1 Å². The van der Waals surface area contributed by atoms with Gasteiger partial charge in [0.15, 0.2) is 0 Å². The molecule has 352 valence electrons. The first-order chi connectivity index (χ1) is 31.2. The molecule has 0 bridgehead atoms. The highest BCUT2D eigenvalue weighted by Crippen LogP contribution is 2.40. The van der Waals surface area contributed by atoms with Crippen molar-refractivity contribution >= 4 is 48.9 Å². The average Bonchev–Trinajstić information content (AvgIpc) is 3.70. The number of sulfonamides is 1. The van der Waals surface area contributed by atoms with E-state index in [2.05, 4.69) is 10.2 Å². The van der Waals surface area contributed by atoms with Crippen LogP contribution in [0, 0.1) is 5.92 Å². The van der Waals surface area contributed by atoms with Crippen molar-refractivity contribution in [3.63, 3.8) is 0 Å².